The summed E-state index contributed by atoms with van der Waals surface area (Å²) in [4.78, 5) is 1.27. The lowest BCUT2D eigenvalue weighted by Crippen LogP contribution is -1.57. The van der Waals surface area contributed by atoms with Crippen LogP contribution in [-0.4, -0.2) is 0 Å². The Morgan fingerprint density at radius 2 is 2.09 bits per heavy atom. The predicted octanol–water partition coefficient (Wildman–Crippen LogP) is 3.81. The first kappa shape index (κ1) is 7.32. The highest BCUT2D eigenvalue weighted by Gasteiger charge is 1.97. The number of thiophene rings is 1. The standard InChI is InChI=1S/C9H6BrS/c10-6-8-5-7-3-1-2-4-9(7)11-8/h1-6H. The maximum absolute atomic E-state index is 3.32. The lowest BCUT2D eigenvalue weighted by molar-refractivity contribution is 1.83. The van der Waals surface area contributed by atoms with Gasteiger partial charge in [0.2, 0.25) is 0 Å². The molecule has 0 aliphatic carbocycles. The van der Waals surface area contributed by atoms with Crippen LogP contribution < -0.4 is 0 Å². The van der Waals surface area contributed by atoms with Gasteiger partial charge in [-0.1, -0.05) is 34.1 Å². The molecule has 11 heavy (non-hydrogen) atoms. The number of halogens is 1. The summed E-state index contributed by atoms with van der Waals surface area (Å²) in [5, 5.41) is 3.28. The Bertz CT molecular complexity index is 331. The third kappa shape index (κ3) is 1.33. The van der Waals surface area contributed by atoms with Gasteiger partial charge in [0, 0.05) is 9.58 Å². The minimum Gasteiger partial charge on any atom is -0.139 e. The van der Waals surface area contributed by atoms with Gasteiger partial charge in [-0.05, 0) is 17.5 Å². The average molecular weight is 226 g/mol. The first-order valence-electron chi connectivity index (χ1n) is 3.32. The fraction of sp³-hybridized carbons (Fsp3) is 0. The zero-order chi connectivity index (χ0) is 7.68. The molecule has 0 spiro atoms. The largest absolute Gasteiger partial charge is 0.139 e. The molecule has 0 atom stereocenters. The monoisotopic (exact) mass is 225 g/mol. The topological polar surface area (TPSA) is 0 Å². The first-order valence-corrected chi connectivity index (χ1v) is 5.05. The lowest BCUT2D eigenvalue weighted by atomic mass is 10.2. The van der Waals surface area contributed by atoms with E-state index in [1.165, 1.54) is 15.0 Å². The normalized spacial score (nSPS) is 10.6. The summed E-state index contributed by atoms with van der Waals surface area (Å²) in [6, 6.07) is 10.6. The van der Waals surface area contributed by atoms with Crippen LogP contribution in [0.25, 0.3) is 10.1 Å². The Labute approximate surface area is 78.0 Å². The first-order chi connectivity index (χ1) is 5.40. The summed E-state index contributed by atoms with van der Waals surface area (Å²) in [5.74, 6) is 0. The molecular formula is C9H6BrS. The molecule has 1 aromatic heterocycles. The second-order valence-electron chi connectivity index (χ2n) is 2.30. The summed E-state index contributed by atoms with van der Waals surface area (Å²) < 4.78 is 1.35. The van der Waals surface area contributed by atoms with Crippen molar-refractivity contribution in [2.24, 2.45) is 0 Å². The summed E-state index contributed by atoms with van der Waals surface area (Å²) in [6.45, 7) is 0. The Hall–Kier alpha value is -0.340. The lowest BCUT2D eigenvalue weighted by Gasteiger charge is -1.82. The smallest absolute Gasteiger partial charge is 0.0663 e. The van der Waals surface area contributed by atoms with E-state index >= 15 is 0 Å². The van der Waals surface area contributed by atoms with Crippen LogP contribution in [0.15, 0.2) is 30.3 Å². The van der Waals surface area contributed by atoms with Crippen LogP contribution >= 0.6 is 27.3 Å². The number of hydrogen-bond acceptors (Lipinski definition) is 1. The van der Waals surface area contributed by atoms with Gasteiger partial charge in [-0.3, -0.25) is 0 Å². The molecule has 0 saturated carbocycles. The minimum absolute atomic E-state index is 1.27. The molecule has 0 unspecified atom stereocenters. The second kappa shape index (κ2) is 2.95. The van der Waals surface area contributed by atoms with Gasteiger partial charge in [-0.15, -0.1) is 11.3 Å². The molecule has 0 aliphatic heterocycles. The Morgan fingerprint density at radius 3 is 2.82 bits per heavy atom. The van der Waals surface area contributed by atoms with E-state index in [1.807, 2.05) is 5.33 Å². The molecular weight excluding hydrogens is 220 g/mol. The molecule has 55 valence electrons. The van der Waals surface area contributed by atoms with Crippen molar-refractivity contribution < 1.29 is 0 Å². The molecule has 0 fully saturated rings. The van der Waals surface area contributed by atoms with Crippen molar-refractivity contribution in [1.82, 2.24) is 0 Å². The molecule has 2 aromatic rings. The van der Waals surface area contributed by atoms with E-state index in [0.29, 0.717) is 0 Å². The van der Waals surface area contributed by atoms with E-state index in [9.17, 15) is 0 Å². The fourth-order valence-corrected chi connectivity index (χ4v) is 2.34. The van der Waals surface area contributed by atoms with Crippen LogP contribution in [0.2, 0.25) is 0 Å². The van der Waals surface area contributed by atoms with Gasteiger partial charge in [-0.25, -0.2) is 0 Å². The summed E-state index contributed by atoms with van der Waals surface area (Å²) >= 11 is 5.12. The number of rotatable bonds is 1. The van der Waals surface area contributed by atoms with Gasteiger partial charge in [0.1, 0.15) is 0 Å². The van der Waals surface area contributed by atoms with Crippen molar-refractivity contribution in [3.63, 3.8) is 0 Å². The molecule has 0 bridgehead atoms. The zero-order valence-corrected chi connectivity index (χ0v) is 8.15. The number of hydrogen-bond donors (Lipinski definition) is 0. The molecule has 1 aromatic carbocycles. The molecule has 0 aliphatic rings. The van der Waals surface area contributed by atoms with Gasteiger partial charge in [0.15, 0.2) is 0 Å². The second-order valence-corrected chi connectivity index (χ2v) is 3.87. The van der Waals surface area contributed by atoms with Crippen molar-refractivity contribution >= 4 is 37.4 Å². The van der Waals surface area contributed by atoms with Crippen LogP contribution in [0.5, 0.6) is 0 Å². The number of benzene rings is 1. The zero-order valence-electron chi connectivity index (χ0n) is 5.75. The molecule has 0 amide bonds. The third-order valence-corrected chi connectivity index (χ3v) is 3.41. The van der Waals surface area contributed by atoms with Gasteiger partial charge >= 0.3 is 0 Å². The van der Waals surface area contributed by atoms with Crippen molar-refractivity contribution in [3.8, 4) is 0 Å². The van der Waals surface area contributed by atoms with E-state index in [1.54, 1.807) is 11.3 Å². The van der Waals surface area contributed by atoms with Gasteiger partial charge in [0.05, 0.1) is 5.33 Å². The highest BCUT2D eigenvalue weighted by Crippen LogP contribution is 2.27. The van der Waals surface area contributed by atoms with E-state index in [-0.39, 0.29) is 0 Å². The summed E-state index contributed by atoms with van der Waals surface area (Å²) in [6.07, 6.45) is 0. The molecule has 2 rings (SSSR count). The van der Waals surface area contributed by atoms with Crippen molar-refractivity contribution in [2.75, 3.05) is 0 Å². The molecule has 0 nitrogen and oxygen atoms in total. The summed E-state index contributed by atoms with van der Waals surface area (Å²) in [5.41, 5.74) is 0. The Morgan fingerprint density at radius 1 is 1.27 bits per heavy atom. The Kier molecular flexibility index (Phi) is 1.96. The van der Waals surface area contributed by atoms with E-state index in [4.69, 9.17) is 0 Å². The molecule has 0 saturated heterocycles. The highest BCUT2D eigenvalue weighted by atomic mass is 79.9. The highest BCUT2D eigenvalue weighted by molar-refractivity contribution is 9.10. The van der Waals surface area contributed by atoms with E-state index < -0.39 is 0 Å². The van der Waals surface area contributed by atoms with Crippen LogP contribution in [0.1, 0.15) is 4.88 Å². The molecule has 1 radical (unpaired) electrons. The van der Waals surface area contributed by atoms with E-state index in [0.717, 1.165) is 0 Å². The van der Waals surface area contributed by atoms with E-state index in [2.05, 4.69) is 46.3 Å². The summed E-state index contributed by atoms with van der Waals surface area (Å²) in [7, 11) is 0. The molecule has 0 N–H and O–H groups in total. The van der Waals surface area contributed by atoms with Crippen LogP contribution in [0.4, 0.5) is 0 Å². The third-order valence-electron chi connectivity index (χ3n) is 1.55. The van der Waals surface area contributed by atoms with Gasteiger partial charge in [-0.2, -0.15) is 0 Å². The van der Waals surface area contributed by atoms with Crippen LogP contribution in [-0.2, 0) is 0 Å². The van der Waals surface area contributed by atoms with Gasteiger partial charge < -0.3 is 0 Å². The predicted molar refractivity (Wildman–Crippen MR) is 54.2 cm³/mol. The minimum atomic E-state index is 1.27. The quantitative estimate of drug-likeness (QED) is 0.693. The maximum Gasteiger partial charge on any atom is 0.0663 e. The fourth-order valence-electron chi connectivity index (χ4n) is 1.06. The van der Waals surface area contributed by atoms with Gasteiger partial charge in [0.25, 0.3) is 0 Å². The number of fused-ring (bicyclic) bond motifs is 1. The average Bonchev–Trinajstić information content (AvgIpc) is 2.46. The molecule has 1 heterocycles. The Balaban J connectivity index is 2.69. The van der Waals surface area contributed by atoms with Crippen LogP contribution in [0.3, 0.4) is 0 Å². The van der Waals surface area contributed by atoms with Crippen molar-refractivity contribution in [3.05, 3.63) is 40.5 Å². The SMILES string of the molecule is Br[CH]c1cc2ccccc2s1. The maximum atomic E-state index is 3.32. The van der Waals surface area contributed by atoms with Crippen LogP contribution in [0, 0.1) is 5.33 Å². The van der Waals surface area contributed by atoms with Crippen molar-refractivity contribution in [2.45, 2.75) is 0 Å². The molecule has 2 heteroatoms. The van der Waals surface area contributed by atoms with Crippen molar-refractivity contribution in [1.29, 1.82) is 0 Å².